The van der Waals surface area contributed by atoms with Gasteiger partial charge in [0.15, 0.2) is 9.84 Å². The van der Waals surface area contributed by atoms with E-state index in [1.54, 1.807) is 0 Å². The zero-order chi connectivity index (χ0) is 14.2. The highest BCUT2D eigenvalue weighted by Gasteiger charge is 2.41. The molecule has 1 fully saturated rings. The Morgan fingerprint density at radius 2 is 2.15 bits per heavy atom. The summed E-state index contributed by atoms with van der Waals surface area (Å²) in [5.74, 6) is 0.157. The number of hydrogen-bond acceptors (Lipinski definition) is 4. The Morgan fingerprint density at radius 1 is 1.35 bits per heavy atom. The lowest BCUT2D eigenvalue weighted by molar-refractivity contribution is 0.127. The summed E-state index contributed by atoms with van der Waals surface area (Å²) in [6.45, 7) is 0.695. The van der Waals surface area contributed by atoms with E-state index in [4.69, 9.17) is 4.74 Å². The third-order valence-corrected chi connectivity index (χ3v) is 6.60. The lowest BCUT2D eigenvalue weighted by Crippen LogP contribution is -2.37. The first-order valence-electron chi connectivity index (χ1n) is 7.20. The van der Waals surface area contributed by atoms with Gasteiger partial charge >= 0.3 is 0 Å². The van der Waals surface area contributed by atoms with Crippen molar-refractivity contribution in [2.45, 2.75) is 36.7 Å². The van der Waals surface area contributed by atoms with Gasteiger partial charge in [0, 0.05) is 12.6 Å². The van der Waals surface area contributed by atoms with Crippen LogP contribution in [0.15, 0.2) is 24.3 Å². The monoisotopic (exact) mass is 295 g/mol. The molecule has 0 radical (unpaired) electrons. The van der Waals surface area contributed by atoms with Crippen LogP contribution in [0.25, 0.3) is 0 Å². The molecule has 1 saturated heterocycles. The van der Waals surface area contributed by atoms with Crippen molar-refractivity contribution in [1.82, 2.24) is 5.32 Å². The van der Waals surface area contributed by atoms with Gasteiger partial charge in [0.25, 0.3) is 0 Å². The molecular weight excluding hydrogens is 274 g/mol. The molecule has 5 heteroatoms. The molecule has 3 atom stereocenters. The minimum Gasteiger partial charge on any atom is -0.377 e. The van der Waals surface area contributed by atoms with E-state index >= 15 is 0 Å². The van der Waals surface area contributed by atoms with Crippen LogP contribution in [0, 0.1) is 0 Å². The lowest BCUT2D eigenvalue weighted by atomic mass is 10.1. The highest BCUT2D eigenvalue weighted by Crippen LogP contribution is 2.36. The van der Waals surface area contributed by atoms with E-state index < -0.39 is 9.84 Å². The van der Waals surface area contributed by atoms with Gasteiger partial charge in [-0.3, -0.25) is 0 Å². The molecule has 1 aromatic carbocycles. The molecule has 0 spiro atoms. The van der Waals surface area contributed by atoms with Crippen LogP contribution in [0.5, 0.6) is 0 Å². The zero-order valence-electron chi connectivity index (χ0n) is 11.7. The Labute approximate surface area is 120 Å². The van der Waals surface area contributed by atoms with Crippen LogP contribution < -0.4 is 5.32 Å². The van der Waals surface area contributed by atoms with Gasteiger partial charge in [-0.2, -0.15) is 0 Å². The first kappa shape index (κ1) is 14.0. The molecule has 2 aliphatic rings. The molecule has 1 heterocycles. The topological polar surface area (TPSA) is 55.4 Å². The van der Waals surface area contributed by atoms with E-state index in [0.717, 1.165) is 24.0 Å². The maximum Gasteiger partial charge on any atom is 0.157 e. The van der Waals surface area contributed by atoms with Gasteiger partial charge in [0.05, 0.1) is 17.1 Å². The van der Waals surface area contributed by atoms with E-state index in [1.807, 2.05) is 31.3 Å². The van der Waals surface area contributed by atoms with E-state index in [-0.39, 0.29) is 23.1 Å². The molecule has 1 aromatic rings. The van der Waals surface area contributed by atoms with Gasteiger partial charge in [-0.1, -0.05) is 24.3 Å². The summed E-state index contributed by atoms with van der Waals surface area (Å²) in [7, 11) is -1.33. The van der Waals surface area contributed by atoms with Crippen molar-refractivity contribution in [3.8, 4) is 0 Å². The Morgan fingerprint density at radius 3 is 2.85 bits per heavy atom. The van der Waals surface area contributed by atoms with Gasteiger partial charge in [0.2, 0.25) is 0 Å². The van der Waals surface area contributed by atoms with Gasteiger partial charge in [-0.15, -0.1) is 0 Å². The third-order valence-electron chi connectivity index (χ3n) is 4.40. The second-order valence-corrected chi connectivity index (χ2v) is 7.94. The summed E-state index contributed by atoms with van der Waals surface area (Å²) in [6.07, 6.45) is 2.33. The molecule has 0 saturated carbocycles. The van der Waals surface area contributed by atoms with Crippen molar-refractivity contribution in [3.63, 3.8) is 0 Å². The fourth-order valence-corrected chi connectivity index (χ4v) is 5.55. The standard InChI is InChI=1S/C15H21NO3S/c1-16-15-13-7-3-2-5-11(13)9-14(15)20(17,18)10-12-6-4-8-19-12/h2-3,5,7,12,14-16H,4,6,8-10H2,1H3. The first-order valence-corrected chi connectivity index (χ1v) is 8.91. The molecule has 4 nitrogen and oxygen atoms in total. The van der Waals surface area contributed by atoms with Crippen LogP contribution in [-0.4, -0.2) is 39.2 Å². The summed E-state index contributed by atoms with van der Waals surface area (Å²) < 4.78 is 30.9. The van der Waals surface area contributed by atoms with Gasteiger partial charge < -0.3 is 10.1 Å². The minimum atomic E-state index is -3.16. The normalized spacial score (nSPS) is 29.6. The molecule has 0 amide bonds. The third kappa shape index (κ3) is 2.50. The highest BCUT2D eigenvalue weighted by atomic mass is 32.2. The number of ether oxygens (including phenoxy) is 1. The summed E-state index contributed by atoms with van der Waals surface area (Å²) in [6, 6.07) is 7.90. The maximum atomic E-state index is 12.7. The maximum absolute atomic E-state index is 12.7. The molecule has 3 unspecified atom stereocenters. The van der Waals surface area contributed by atoms with Crippen molar-refractivity contribution in [2.24, 2.45) is 0 Å². The lowest BCUT2D eigenvalue weighted by Gasteiger charge is -2.21. The molecule has 1 aliphatic carbocycles. The minimum absolute atomic E-state index is 0.0994. The van der Waals surface area contributed by atoms with E-state index in [9.17, 15) is 8.42 Å². The number of benzene rings is 1. The molecule has 0 aromatic heterocycles. The van der Waals surface area contributed by atoms with Crippen LogP contribution in [0.2, 0.25) is 0 Å². The Kier molecular flexibility index (Phi) is 3.84. The fraction of sp³-hybridized carbons (Fsp3) is 0.600. The van der Waals surface area contributed by atoms with Gasteiger partial charge in [-0.05, 0) is 37.4 Å². The summed E-state index contributed by atoms with van der Waals surface area (Å²) >= 11 is 0. The van der Waals surface area contributed by atoms with Crippen LogP contribution in [-0.2, 0) is 21.0 Å². The van der Waals surface area contributed by atoms with Crippen molar-refractivity contribution >= 4 is 9.84 Å². The molecule has 3 rings (SSSR count). The van der Waals surface area contributed by atoms with Crippen LogP contribution in [0.4, 0.5) is 0 Å². The SMILES string of the molecule is CNC1c2ccccc2CC1S(=O)(=O)CC1CCCO1. The fourth-order valence-electron chi connectivity index (χ4n) is 3.39. The van der Waals surface area contributed by atoms with Crippen molar-refractivity contribution in [1.29, 1.82) is 0 Å². The average molecular weight is 295 g/mol. The van der Waals surface area contributed by atoms with E-state index in [2.05, 4.69) is 5.32 Å². The summed E-state index contributed by atoms with van der Waals surface area (Å²) in [5.41, 5.74) is 2.27. The molecule has 0 bridgehead atoms. The second kappa shape index (κ2) is 5.47. The van der Waals surface area contributed by atoms with Crippen LogP contribution >= 0.6 is 0 Å². The molecule has 110 valence electrons. The smallest absolute Gasteiger partial charge is 0.157 e. The van der Waals surface area contributed by atoms with Crippen LogP contribution in [0.3, 0.4) is 0 Å². The first-order chi connectivity index (χ1) is 9.62. The Balaban J connectivity index is 1.83. The largest absolute Gasteiger partial charge is 0.377 e. The Hall–Kier alpha value is -0.910. The summed E-state index contributed by atoms with van der Waals surface area (Å²) in [5, 5.41) is 2.81. The predicted octanol–water partition coefficient (Wildman–Crippen LogP) is 1.47. The quantitative estimate of drug-likeness (QED) is 0.914. The summed E-state index contributed by atoms with van der Waals surface area (Å²) in [4.78, 5) is 0. The molecule has 20 heavy (non-hydrogen) atoms. The van der Waals surface area contributed by atoms with Crippen molar-refractivity contribution in [3.05, 3.63) is 35.4 Å². The predicted molar refractivity (Wildman–Crippen MR) is 78.5 cm³/mol. The van der Waals surface area contributed by atoms with Crippen molar-refractivity contribution < 1.29 is 13.2 Å². The van der Waals surface area contributed by atoms with Crippen LogP contribution in [0.1, 0.15) is 30.0 Å². The highest BCUT2D eigenvalue weighted by molar-refractivity contribution is 7.92. The van der Waals surface area contributed by atoms with E-state index in [0.29, 0.717) is 13.0 Å². The molecule has 1 aliphatic heterocycles. The molecule has 1 N–H and O–H groups in total. The van der Waals surface area contributed by atoms with E-state index in [1.165, 1.54) is 0 Å². The average Bonchev–Trinajstić information content (AvgIpc) is 3.04. The number of sulfone groups is 1. The second-order valence-electron chi connectivity index (χ2n) is 5.67. The zero-order valence-corrected chi connectivity index (χ0v) is 12.5. The number of fused-ring (bicyclic) bond motifs is 1. The number of hydrogen-bond donors (Lipinski definition) is 1. The van der Waals surface area contributed by atoms with Gasteiger partial charge in [-0.25, -0.2) is 8.42 Å². The number of nitrogens with one attached hydrogen (secondary N) is 1. The van der Waals surface area contributed by atoms with Crippen molar-refractivity contribution in [2.75, 3.05) is 19.4 Å². The van der Waals surface area contributed by atoms with Gasteiger partial charge in [0.1, 0.15) is 0 Å². The Bertz CT molecular complexity index is 579. The molecular formula is C15H21NO3S. The number of rotatable bonds is 4.